The van der Waals surface area contributed by atoms with Gasteiger partial charge in [0.2, 0.25) is 5.91 Å². The van der Waals surface area contributed by atoms with Crippen LogP contribution in [0.1, 0.15) is 26.7 Å². The quantitative estimate of drug-likeness (QED) is 0.682. The molecule has 1 rings (SSSR count). The van der Waals surface area contributed by atoms with Gasteiger partial charge in [-0.15, -0.1) is 0 Å². The van der Waals surface area contributed by atoms with Crippen molar-refractivity contribution in [2.75, 3.05) is 6.54 Å². The van der Waals surface area contributed by atoms with Gasteiger partial charge in [0.25, 0.3) is 0 Å². The molecule has 0 saturated carbocycles. The molecule has 1 amide bonds. The van der Waals surface area contributed by atoms with Crippen LogP contribution in [0.5, 0.6) is 0 Å². The Hall–Kier alpha value is -1.36. The number of rotatable bonds is 6. The third-order valence-electron chi connectivity index (χ3n) is 2.58. The van der Waals surface area contributed by atoms with E-state index in [0.717, 1.165) is 6.42 Å². The zero-order valence-electron chi connectivity index (χ0n) is 9.85. The topological polar surface area (TPSA) is 67.9 Å². The summed E-state index contributed by atoms with van der Waals surface area (Å²) >= 11 is 0. The van der Waals surface area contributed by atoms with Crippen LogP contribution in [0.2, 0.25) is 0 Å². The first-order chi connectivity index (χ1) is 7.60. The number of nitrogens with two attached hydrogens (primary N) is 1. The van der Waals surface area contributed by atoms with Crippen molar-refractivity contribution in [1.82, 2.24) is 5.01 Å². The fourth-order valence-electron chi connectivity index (χ4n) is 1.73. The van der Waals surface area contributed by atoms with E-state index in [-0.39, 0.29) is 24.6 Å². The molecule has 0 aromatic carbocycles. The predicted molar refractivity (Wildman–Crippen MR) is 62.8 cm³/mol. The molecule has 0 fully saturated rings. The maximum atomic E-state index is 11.5. The third kappa shape index (κ3) is 2.82. The van der Waals surface area contributed by atoms with Crippen LogP contribution in [0.15, 0.2) is 17.4 Å². The molecule has 0 spiro atoms. The standard InChI is InChI=1S/C11H19N3O2/c1-4-10(9(3)16-8(2)7-12)14-11(15)5-6-13-14/h6,9-10H,2,4-5,7,12H2,1,3H3/t9-,10-/m0/s1. The number of nitrogens with zero attached hydrogens (tertiary/aromatic N) is 2. The Morgan fingerprint density at radius 1 is 1.81 bits per heavy atom. The highest BCUT2D eigenvalue weighted by Gasteiger charge is 2.30. The second kappa shape index (κ2) is 5.65. The fraction of sp³-hybridized carbons (Fsp3) is 0.636. The van der Waals surface area contributed by atoms with Crippen molar-refractivity contribution in [1.29, 1.82) is 0 Å². The largest absolute Gasteiger partial charge is 0.492 e. The lowest BCUT2D eigenvalue weighted by atomic mass is 10.1. The minimum Gasteiger partial charge on any atom is -0.492 e. The molecular weight excluding hydrogens is 206 g/mol. The first-order valence-electron chi connectivity index (χ1n) is 5.49. The molecule has 1 heterocycles. The molecular formula is C11H19N3O2. The highest BCUT2D eigenvalue weighted by Crippen LogP contribution is 2.18. The lowest BCUT2D eigenvalue weighted by molar-refractivity contribution is -0.133. The van der Waals surface area contributed by atoms with Crippen LogP contribution in [0.3, 0.4) is 0 Å². The molecule has 0 aromatic heterocycles. The van der Waals surface area contributed by atoms with Gasteiger partial charge in [-0.05, 0) is 13.3 Å². The number of carbonyl (C=O) groups is 1. The Morgan fingerprint density at radius 3 is 2.94 bits per heavy atom. The van der Waals surface area contributed by atoms with Crippen LogP contribution < -0.4 is 5.73 Å². The summed E-state index contributed by atoms with van der Waals surface area (Å²) < 4.78 is 5.53. The Kier molecular flexibility index (Phi) is 4.49. The molecule has 0 unspecified atom stereocenters. The van der Waals surface area contributed by atoms with Gasteiger partial charge in [0.15, 0.2) is 0 Å². The molecule has 0 bridgehead atoms. The van der Waals surface area contributed by atoms with Crippen molar-refractivity contribution < 1.29 is 9.53 Å². The van der Waals surface area contributed by atoms with Crippen molar-refractivity contribution in [2.45, 2.75) is 38.8 Å². The van der Waals surface area contributed by atoms with E-state index >= 15 is 0 Å². The third-order valence-corrected chi connectivity index (χ3v) is 2.58. The van der Waals surface area contributed by atoms with Gasteiger partial charge < -0.3 is 10.5 Å². The fourth-order valence-corrected chi connectivity index (χ4v) is 1.73. The maximum Gasteiger partial charge on any atom is 0.248 e. The summed E-state index contributed by atoms with van der Waals surface area (Å²) in [6, 6.07) is -0.0606. The number of carbonyl (C=O) groups excluding carboxylic acids is 1. The number of hydrogen-bond donors (Lipinski definition) is 1. The maximum absolute atomic E-state index is 11.5. The molecule has 0 aromatic rings. The monoisotopic (exact) mass is 225 g/mol. The van der Waals surface area contributed by atoms with E-state index in [1.54, 1.807) is 6.21 Å². The average molecular weight is 225 g/mol. The lowest BCUT2D eigenvalue weighted by Crippen LogP contribution is -2.41. The Labute approximate surface area is 95.9 Å². The molecule has 1 aliphatic rings. The number of amides is 1. The predicted octanol–water partition coefficient (Wildman–Crippen LogP) is 0.861. The molecule has 0 radical (unpaired) electrons. The normalized spacial score (nSPS) is 18.7. The van der Waals surface area contributed by atoms with Crippen LogP contribution in [0.4, 0.5) is 0 Å². The Morgan fingerprint density at radius 2 is 2.50 bits per heavy atom. The second-order valence-electron chi connectivity index (χ2n) is 3.78. The number of hydrazone groups is 1. The summed E-state index contributed by atoms with van der Waals surface area (Å²) in [5.74, 6) is 0.544. The van der Waals surface area contributed by atoms with Gasteiger partial charge in [-0.2, -0.15) is 5.10 Å². The molecule has 2 atom stereocenters. The molecule has 16 heavy (non-hydrogen) atoms. The molecule has 2 N–H and O–H groups in total. The van der Waals surface area contributed by atoms with E-state index in [1.807, 2.05) is 13.8 Å². The summed E-state index contributed by atoms with van der Waals surface area (Å²) in [5.41, 5.74) is 5.41. The first-order valence-corrected chi connectivity index (χ1v) is 5.49. The summed E-state index contributed by atoms with van der Waals surface area (Å²) in [6.45, 7) is 7.87. The van der Waals surface area contributed by atoms with Crippen LogP contribution in [0.25, 0.3) is 0 Å². The second-order valence-corrected chi connectivity index (χ2v) is 3.78. The van der Waals surface area contributed by atoms with E-state index in [4.69, 9.17) is 10.5 Å². The molecule has 90 valence electrons. The van der Waals surface area contributed by atoms with Crippen molar-refractivity contribution in [3.05, 3.63) is 12.3 Å². The van der Waals surface area contributed by atoms with Crippen LogP contribution in [0, 0.1) is 0 Å². The van der Waals surface area contributed by atoms with E-state index in [9.17, 15) is 4.79 Å². The zero-order valence-corrected chi connectivity index (χ0v) is 9.85. The summed E-state index contributed by atoms with van der Waals surface area (Å²) in [6.07, 6.45) is 2.62. The minimum atomic E-state index is -0.153. The van der Waals surface area contributed by atoms with Crippen LogP contribution in [-0.4, -0.2) is 35.8 Å². The summed E-state index contributed by atoms with van der Waals surface area (Å²) in [7, 11) is 0. The van der Waals surface area contributed by atoms with Crippen molar-refractivity contribution in [3.63, 3.8) is 0 Å². The highest BCUT2D eigenvalue weighted by atomic mass is 16.5. The number of ether oxygens (including phenoxy) is 1. The Balaban J connectivity index is 2.62. The molecule has 5 nitrogen and oxygen atoms in total. The van der Waals surface area contributed by atoms with Gasteiger partial charge in [0.1, 0.15) is 11.9 Å². The highest BCUT2D eigenvalue weighted by molar-refractivity contribution is 5.94. The lowest BCUT2D eigenvalue weighted by Gasteiger charge is -2.29. The van der Waals surface area contributed by atoms with E-state index in [2.05, 4.69) is 11.7 Å². The van der Waals surface area contributed by atoms with Gasteiger partial charge in [0.05, 0.1) is 19.0 Å². The van der Waals surface area contributed by atoms with E-state index in [0.29, 0.717) is 12.2 Å². The average Bonchev–Trinajstić information content (AvgIpc) is 2.66. The van der Waals surface area contributed by atoms with E-state index in [1.165, 1.54) is 5.01 Å². The zero-order chi connectivity index (χ0) is 12.1. The smallest absolute Gasteiger partial charge is 0.248 e. The van der Waals surface area contributed by atoms with Gasteiger partial charge >= 0.3 is 0 Å². The summed E-state index contributed by atoms with van der Waals surface area (Å²) in [5, 5.41) is 5.55. The van der Waals surface area contributed by atoms with Gasteiger partial charge in [-0.3, -0.25) is 4.79 Å². The van der Waals surface area contributed by atoms with Gasteiger partial charge in [-0.25, -0.2) is 5.01 Å². The molecule has 0 aliphatic carbocycles. The number of hydrogen-bond acceptors (Lipinski definition) is 4. The Bertz CT molecular complexity index is 302. The van der Waals surface area contributed by atoms with Gasteiger partial charge in [-0.1, -0.05) is 13.5 Å². The van der Waals surface area contributed by atoms with Crippen molar-refractivity contribution in [3.8, 4) is 0 Å². The SMILES string of the molecule is C=C(CN)O[C@@H](C)[C@H](CC)N1N=CCC1=O. The minimum absolute atomic E-state index is 0.0145. The summed E-state index contributed by atoms with van der Waals surface area (Å²) in [4.78, 5) is 11.5. The molecule has 1 aliphatic heterocycles. The molecule has 5 heteroatoms. The van der Waals surface area contributed by atoms with Crippen LogP contribution >= 0.6 is 0 Å². The van der Waals surface area contributed by atoms with Crippen molar-refractivity contribution >= 4 is 12.1 Å². The first kappa shape index (κ1) is 12.7. The van der Waals surface area contributed by atoms with Crippen LogP contribution in [-0.2, 0) is 9.53 Å². The van der Waals surface area contributed by atoms with Crippen molar-refractivity contribution in [2.24, 2.45) is 10.8 Å². The molecule has 0 saturated heterocycles. The van der Waals surface area contributed by atoms with Gasteiger partial charge in [0, 0.05) is 6.21 Å². The van der Waals surface area contributed by atoms with E-state index < -0.39 is 0 Å².